The van der Waals surface area contributed by atoms with E-state index in [-0.39, 0.29) is 30.0 Å². The van der Waals surface area contributed by atoms with E-state index in [1.54, 1.807) is 12.1 Å². The highest BCUT2D eigenvalue weighted by Gasteiger charge is 2.31. The van der Waals surface area contributed by atoms with E-state index in [0.717, 1.165) is 50.9 Å². The van der Waals surface area contributed by atoms with E-state index in [4.69, 9.17) is 0 Å². The lowest BCUT2D eigenvalue weighted by Crippen LogP contribution is -2.33. The maximum absolute atomic E-state index is 13.8. The summed E-state index contributed by atoms with van der Waals surface area (Å²) in [5.41, 5.74) is 0.645. The van der Waals surface area contributed by atoms with E-state index in [9.17, 15) is 9.18 Å². The van der Waals surface area contributed by atoms with E-state index >= 15 is 0 Å². The summed E-state index contributed by atoms with van der Waals surface area (Å²) in [4.78, 5) is 14.5. The molecule has 1 N–H and O–H groups in total. The van der Waals surface area contributed by atoms with Crippen LogP contribution in [0.4, 0.5) is 4.39 Å². The number of benzene rings is 1. The molecule has 0 saturated carbocycles. The van der Waals surface area contributed by atoms with Crippen LogP contribution in [0.1, 0.15) is 37.7 Å². The Hall–Kier alpha value is -1.13. The maximum atomic E-state index is 13.8. The van der Waals surface area contributed by atoms with Gasteiger partial charge < -0.3 is 10.2 Å². The highest BCUT2D eigenvalue weighted by molar-refractivity contribution is 5.85. The topological polar surface area (TPSA) is 32.3 Å². The van der Waals surface area contributed by atoms with Gasteiger partial charge in [-0.1, -0.05) is 25.1 Å². The second kappa shape index (κ2) is 8.11. The third-order valence-electron chi connectivity index (χ3n) is 5.29. The Morgan fingerprint density at radius 1 is 1.26 bits per heavy atom. The first kappa shape index (κ1) is 18.2. The van der Waals surface area contributed by atoms with Gasteiger partial charge in [-0.15, -0.1) is 12.4 Å². The fourth-order valence-electron chi connectivity index (χ4n) is 3.84. The van der Waals surface area contributed by atoms with Crippen LogP contribution in [-0.4, -0.2) is 37.0 Å². The molecule has 0 aliphatic carbocycles. The fourth-order valence-corrected chi connectivity index (χ4v) is 3.84. The molecular weight excluding hydrogens is 315 g/mol. The Balaban J connectivity index is 0.00000192. The first-order valence-electron chi connectivity index (χ1n) is 8.38. The van der Waals surface area contributed by atoms with Crippen LogP contribution in [-0.2, 0) is 4.79 Å². The van der Waals surface area contributed by atoms with Gasteiger partial charge in [0, 0.05) is 19.5 Å². The molecule has 5 heteroatoms. The highest BCUT2D eigenvalue weighted by atomic mass is 35.5. The SMILES string of the molecule is CC(CC(=O)N1CC[C@@H]2CNC[C@@H]2CC1)c1ccccc1F.Cl. The van der Waals surface area contributed by atoms with Crippen molar-refractivity contribution >= 4 is 18.3 Å². The summed E-state index contributed by atoms with van der Waals surface area (Å²) >= 11 is 0. The first-order valence-corrected chi connectivity index (χ1v) is 8.38. The van der Waals surface area contributed by atoms with Crippen LogP contribution in [0.15, 0.2) is 24.3 Å². The van der Waals surface area contributed by atoms with E-state index in [1.165, 1.54) is 6.07 Å². The predicted molar refractivity (Wildman–Crippen MR) is 92.3 cm³/mol. The summed E-state index contributed by atoms with van der Waals surface area (Å²) in [6, 6.07) is 6.77. The predicted octanol–water partition coefficient (Wildman–Crippen LogP) is 3.20. The number of hydrogen-bond donors (Lipinski definition) is 1. The minimum Gasteiger partial charge on any atom is -0.343 e. The molecule has 0 bridgehead atoms. The summed E-state index contributed by atoms with van der Waals surface area (Å²) in [6.45, 7) is 5.83. The number of amides is 1. The minimum atomic E-state index is -0.209. The average molecular weight is 341 g/mol. The molecule has 0 spiro atoms. The van der Waals surface area contributed by atoms with Crippen LogP contribution in [0.25, 0.3) is 0 Å². The van der Waals surface area contributed by atoms with Gasteiger partial charge in [-0.2, -0.15) is 0 Å². The number of nitrogens with one attached hydrogen (secondary N) is 1. The van der Waals surface area contributed by atoms with Crippen LogP contribution in [0, 0.1) is 17.7 Å². The van der Waals surface area contributed by atoms with E-state index < -0.39 is 0 Å². The molecule has 1 aromatic carbocycles. The zero-order valence-electron chi connectivity index (χ0n) is 13.6. The molecular formula is C18H26ClFN2O. The Morgan fingerprint density at radius 2 is 1.87 bits per heavy atom. The van der Waals surface area contributed by atoms with E-state index in [1.807, 2.05) is 17.9 Å². The zero-order valence-corrected chi connectivity index (χ0v) is 14.4. The quantitative estimate of drug-likeness (QED) is 0.916. The fraction of sp³-hybridized carbons (Fsp3) is 0.611. The average Bonchev–Trinajstić information content (AvgIpc) is 2.86. The molecule has 2 aliphatic heterocycles. The lowest BCUT2D eigenvalue weighted by molar-refractivity contribution is -0.131. The Morgan fingerprint density at radius 3 is 2.48 bits per heavy atom. The normalized spacial score (nSPS) is 25.2. The van der Waals surface area contributed by atoms with Gasteiger partial charge >= 0.3 is 0 Å². The van der Waals surface area contributed by atoms with Crippen LogP contribution in [0.2, 0.25) is 0 Å². The van der Waals surface area contributed by atoms with Crippen molar-refractivity contribution in [3.63, 3.8) is 0 Å². The molecule has 2 heterocycles. The molecule has 1 aromatic rings. The van der Waals surface area contributed by atoms with Crippen molar-refractivity contribution in [2.45, 2.75) is 32.1 Å². The molecule has 3 rings (SSSR count). The van der Waals surface area contributed by atoms with Gasteiger partial charge in [-0.05, 0) is 55.3 Å². The second-order valence-corrected chi connectivity index (χ2v) is 6.76. The number of halogens is 2. The molecule has 3 nitrogen and oxygen atoms in total. The monoisotopic (exact) mass is 340 g/mol. The van der Waals surface area contributed by atoms with Crippen molar-refractivity contribution in [1.82, 2.24) is 10.2 Å². The van der Waals surface area contributed by atoms with Gasteiger partial charge in [0.05, 0.1) is 0 Å². The number of nitrogens with zero attached hydrogens (tertiary/aromatic N) is 1. The van der Waals surface area contributed by atoms with Crippen molar-refractivity contribution < 1.29 is 9.18 Å². The first-order chi connectivity index (χ1) is 10.6. The third-order valence-corrected chi connectivity index (χ3v) is 5.29. The molecule has 2 saturated heterocycles. The maximum Gasteiger partial charge on any atom is 0.223 e. The van der Waals surface area contributed by atoms with Gasteiger partial charge in [-0.25, -0.2) is 4.39 Å². The van der Waals surface area contributed by atoms with E-state index in [0.29, 0.717) is 12.0 Å². The summed E-state index contributed by atoms with van der Waals surface area (Å²) in [6.07, 6.45) is 2.59. The molecule has 1 unspecified atom stereocenters. The number of rotatable bonds is 3. The summed E-state index contributed by atoms with van der Waals surface area (Å²) in [7, 11) is 0. The number of carbonyl (C=O) groups excluding carboxylic acids is 1. The molecule has 3 atom stereocenters. The van der Waals surface area contributed by atoms with E-state index in [2.05, 4.69) is 5.32 Å². The lowest BCUT2D eigenvalue weighted by atomic mass is 9.92. The molecule has 2 fully saturated rings. The second-order valence-electron chi connectivity index (χ2n) is 6.76. The van der Waals surface area contributed by atoms with Gasteiger partial charge in [0.1, 0.15) is 5.82 Å². The molecule has 23 heavy (non-hydrogen) atoms. The summed E-state index contributed by atoms with van der Waals surface area (Å²) in [5, 5.41) is 3.45. The molecule has 2 aliphatic rings. The van der Waals surface area contributed by atoms with Crippen molar-refractivity contribution in [1.29, 1.82) is 0 Å². The lowest BCUT2D eigenvalue weighted by Gasteiger charge is -2.23. The molecule has 1 amide bonds. The van der Waals surface area contributed by atoms with Gasteiger partial charge in [0.25, 0.3) is 0 Å². The molecule has 128 valence electrons. The summed E-state index contributed by atoms with van der Waals surface area (Å²) < 4.78 is 13.8. The number of fused-ring (bicyclic) bond motifs is 1. The summed E-state index contributed by atoms with van der Waals surface area (Å²) in [5.74, 6) is 1.34. The standard InChI is InChI=1S/C18H25FN2O.ClH/c1-13(16-4-2-3-5-17(16)19)10-18(22)21-8-6-14-11-20-12-15(14)7-9-21;/h2-5,13-15,20H,6-12H2,1H3;1H/t13?,14-,15+;. The zero-order chi connectivity index (χ0) is 15.5. The van der Waals surface area contributed by atoms with Crippen LogP contribution in [0.3, 0.4) is 0 Å². The van der Waals surface area contributed by atoms with Crippen LogP contribution < -0.4 is 5.32 Å². The van der Waals surface area contributed by atoms with Crippen molar-refractivity contribution in [3.05, 3.63) is 35.6 Å². The van der Waals surface area contributed by atoms with Gasteiger partial charge in [0.15, 0.2) is 0 Å². The van der Waals surface area contributed by atoms with Crippen LogP contribution >= 0.6 is 12.4 Å². The molecule has 0 aromatic heterocycles. The number of carbonyl (C=O) groups is 1. The van der Waals surface area contributed by atoms with Crippen molar-refractivity contribution in [2.75, 3.05) is 26.2 Å². The Labute approximate surface area is 144 Å². The Kier molecular flexibility index (Phi) is 6.42. The minimum absolute atomic E-state index is 0. The third kappa shape index (κ3) is 4.24. The Bertz CT molecular complexity index is 526. The van der Waals surface area contributed by atoms with Gasteiger partial charge in [0.2, 0.25) is 5.91 Å². The smallest absolute Gasteiger partial charge is 0.223 e. The number of hydrogen-bond acceptors (Lipinski definition) is 2. The number of likely N-dealkylation sites (tertiary alicyclic amines) is 1. The van der Waals surface area contributed by atoms with Crippen molar-refractivity contribution in [3.8, 4) is 0 Å². The molecule has 0 radical (unpaired) electrons. The van der Waals surface area contributed by atoms with Gasteiger partial charge in [-0.3, -0.25) is 4.79 Å². The largest absolute Gasteiger partial charge is 0.343 e. The van der Waals surface area contributed by atoms with Crippen LogP contribution in [0.5, 0.6) is 0 Å². The van der Waals surface area contributed by atoms with Crippen molar-refractivity contribution in [2.24, 2.45) is 11.8 Å². The highest BCUT2D eigenvalue weighted by Crippen LogP contribution is 2.28.